The Kier molecular flexibility index (Phi) is 4.01. The lowest BCUT2D eigenvalue weighted by Crippen LogP contribution is -2.37. The fraction of sp³-hybridized carbons (Fsp3) is 0.500. The maximum atomic E-state index is 2.60. The first-order valence-electron chi connectivity index (χ1n) is 6.63. The highest BCUT2D eigenvalue weighted by atomic mass is 15.2. The summed E-state index contributed by atoms with van der Waals surface area (Å²) in [5.74, 6) is 0.779. The van der Waals surface area contributed by atoms with Crippen molar-refractivity contribution in [1.29, 1.82) is 0 Å². The maximum absolute atomic E-state index is 2.60. The topological polar surface area (TPSA) is 3.24 Å². The van der Waals surface area contributed by atoms with Crippen molar-refractivity contribution < 1.29 is 0 Å². The second-order valence-electron chi connectivity index (χ2n) is 5.27. The van der Waals surface area contributed by atoms with Gasteiger partial charge < -0.3 is 0 Å². The lowest BCUT2D eigenvalue weighted by atomic mass is 9.93. The van der Waals surface area contributed by atoms with Gasteiger partial charge >= 0.3 is 0 Å². The van der Waals surface area contributed by atoms with Gasteiger partial charge in [-0.3, -0.25) is 4.90 Å². The smallest absolute Gasteiger partial charge is 0.0323 e. The van der Waals surface area contributed by atoms with Gasteiger partial charge in [0, 0.05) is 19.1 Å². The minimum Gasteiger partial charge on any atom is -0.292 e. The van der Waals surface area contributed by atoms with Crippen LogP contribution in [0.1, 0.15) is 38.8 Å². The molecule has 0 amide bonds. The largest absolute Gasteiger partial charge is 0.292 e. The van der Waals surface area contributed by atoms with Gasteiger partial charge in [-0.2, -0.15) is 0 Å². The predicted molar refractivity (Wildman–Crippen MR) is 74.0 cm³/mol. The molecular formula is C16H23N. The SMILES string of the molecule is C/C=C1\CC(C)CN([C@@H](C)c2ccccc2)C1. The van der Waals surface area contributed by atoms with Gasteiger partial charge in [0.25, 0.3) is 0 Å². The molecule has 1 heterocycles. The fourth-order valence-electron chi connectivity index (χ4n) is 2.75. The number of hydrogen-bond acceptors (Lipinski definition) is 1. The van der Waals surface area contributed by atoms with Crippen LogP contribution in [0.25, 0.3) is 0 Å². The van der Waals surface area contributed by atoms with Gasteiger partial charge in [0.15, 0.2) is 0 Å². The zero-order valence-corrected chi connectivity index (χ0v) is 11.2. The van der Waals surface area contributed by atoms with Crippen LogP contribution in [-0.4, -0.2) is 18.0 Å². The van der Waals surface area contributed by atoms with Crippen molar-refractivity contribution >= 4 is 0 Å². The summed E-state index contributed by atoms with van der Waals surface area (Å²) in [6.07, 6.45) is 3.56. The van der Waals surface area contributed by atoms with E-state index in [1.165, 1.54) is 18.5 Å². The van der Waals surface area contributed by atoms with E-state index in [1.807, 2.05) is 0 Å². The van der Waals surface area contributed by atoms with Gasteiger partial charge in [-0.25, -0.2) is 0 Å². The molecule has 0 saturated carbocycles. The lowest BCUT2D eigenvalue weighted by molar-refractivity contribution is 0.170. The molecule has 1 aliphatic rings. The molecule has 1 unspecified atom stereocenters. The van der Waals surface area contributed by atoms with E-state index >= 15 is 0 Å². The van der Waals surface area contributed by atoms with Crippen molar-refractivity contribution in [2.24, 2.45) is 5.92 Å². The number of benzene rings is 1. The molecule has 1 aliphatic heterocycles. The molecule has 0 bridgehead atoms. The molecule has 0 aromatic heterocycles. The molecule has 1 fully saturated rings. The van der Waals surface area contributed by atoms with Crippen molar-refractivity contribution in [3.8, 4) is 0 Å². The van der Waals surface area contributed by atoms with Crippen LogP contribution < -0.4 is 0 Å². The van der Waals surface area contributed by atoms with Crippen LogP contribution in [0.15, 0.2) is 42.0 Å². The molecule has 92 valence electrons. The second kappa shape index (κ2) is 5.50. The summed E-state index contributed by atoms with van der Waals surface area (Å²) >= 11 is 0. The monoisotopic (exact) mass is 229 g/mol. The van der Waals surface area contributed by atoms with Crippen LogP contribution in [0.5, 0.6) is 0 Å². The summed E-state index contributed by atoms with van der Waals surface area (Å²) in [6.45, 7) is 9.19. The summed E-state index contributed by atoms with van der Waals surface area (Å²) in [5.41, 5.74) is 3.02. The summed E-state index contributed by atoms with van der Waals surface area (Å²) in [4.78, 5) is 2.60. The Morgan fingerprint density at radius 3 is 2.65 bits per heavy atom. The molecule has 1 heteroatoms. The van der Waals surface area contributed by atoms with Crippen LogP contribution in [-0.2, 0) is 0 Å². The molecule has 2 atom stereocenters. The molecule has 1 saturated heterocycles. The number of likely N-dealkylation sites (tertiary alicyclic amines) is 1. The third-order valence-electron chi connectivity index (χ3n) is 3.80. The van der Waals surface area contributed by atoms with Crippen molar-refractivity contribution in [3.63, 3.8) is 0 Å². The first-order chi connectivity index (χ1) is 8.20. The summed E-state index contributed by atoms with van der Waals surface area (Å²) in [5, 5.41) is 0. The third-order valence-corrected chi connectivity index (χ3v) is 3.80. The zero-order chi connectivity index (χ0) is 12.3. The van der Waals surface area contributed by atoms with Gasteiger partial charge in [-0.1, -0.05) is 48.9 Å². The summed E-state index contributed by atoms with van der Waals surface area (Å²) in [6, 6.07) is 11.4. The van der Waals surface area contributed by atoms with E-state index in [1.54, 1.807) is 5.57 Å². The second-order valence-corrected chi connectivity index (χ2v) is 5.27. The minimum absolute atomic E-state index is 0.522. The first kappa shape index (κ1) is 12.4. The van der Waals surface area contributed by atoms with E-state index < -0.39 is 0 Å². The number of allylic oxidation sites excluding steroid dienone is 1. The summed E-state index contributed by atoms with van der Waals surface area (Å²) in [7, 11) is 0. The van der Waals surface area contributed by atoms with Crippen molar-refractivity contribution in [2.45, 2.75) is 33.2 Å². The Hall–Kier alpha value is -1.08. The van der Waals surface area contributed by atoms with Crippen molar-refractivity contribution in [1.82, 2.24) is 4.90 Å². The van der Waals surface area contributed by atoms with E-state index in [4.69, 9.17) is 0 Å². The number of piperidine rings is 1. The standard InChI is InChI=1S/C16H23N/c1-4-15-10-13(2)11-17(12-15)14(3)16-8-6-5-7-9-16/h4-9,13-14H,10-12H2,1-3H3/b15-4+/t13?,14-/m0/s1. The van der Waals surface area contributed by atoms with Gasteiger partial charge in [-0.15, -0.1) is 0 Å². The highest BCUT2D eigenvalue weighted by Crippen LogP contribution is 2.28. The zero-order valence-electron chi connectivity index (χ0n) is 11.2. The molecule has 17 heavy (non-hydrogen) atoms. The van der Waals surface area contributed by atoms with Crippen LogP contribution in [0.2, 0.25) is 0 Å². The quantitative estimate of drug-likeness (QED) is 0.692. The molecule has 1 nitrogen and oxygen atoms in total. The van der Waals surface area contributed by atoms with Gasteiger partial charge in [-0.05, 0) is 31.7 Å². The van der Waals surface area contributed by atoms with Gasteiger partial charge in [0.1, 0.15) is 0 Å². The molecule has 0 spiro atoms. The summed E-state index contributed by atoms with van der Waals surface area (Å²) < 4.78 is 0. The van der Waals surface area contributed by atoms with Crippen LogP contribution >= 0.6 is 0 Å². The number of nitrogens with zero attached hydrogens (tertiary/aromatic N) is 1. The highest BCUT2D eigenvalue weighted by molar-refractivity contribution is 5.19. The van der Waals surface area contributed by atoms with E-state index in [-0.39, 0.29) is 0 Å². The Bertz CT molecular complexity index is 380. The lowest BCUT2D eigenvalue weighted by Gasteiger charge is -2.37. The normalized spacial score (nSPS) is 26.1. The molecule has 0 aliphatic carbocycles. The van der Waals surface area contributed by atoms with Crippen LogP contribution in [0, 0.1) is 5.92 Å². The number of hydrogen-bond donors (Lipinski definition) is 0. The van der Waals surface area contributed by atoms with Crippen molar-refractivity contribution in [3.05, 3.63) is 47.5 Å². The molecule has 2 rings (SSSR count). The van der Waals surface area contributed by atoms with E-state index in [9.17, 15) is 0 Å². The Morgan fingerprint density at radius 1 is 1.29 bits per heavy atom. The molecular weight excluding hydrogens is 206 g/mol. The van der Waals surface area contributed by atoms with Crippen molar-refractivity contribution in [2.75, 3.05) is 13.1 Å². The highest BCUT2D eigenvalue weighted by Gasteiger charge is 2.23. The molecule has 1 aromatic carbocycles. The maximum Gasteiger partial charge on any atom is 0.0323 e. The molecule has 0 radical (unpaired) electrons. The van der Waals surface area contributed by atoms with Crippen LogP contribution in [0.3, 0.4) is 0 Å². The average Bonchev–Trinajstić information content (AvgIpc) is 2.38. The van der Waals surface area contributed by atoms with Gasteiger partial charge in [0.05, 0.1) is 0 Å². The van der Waals surface area contributed by atoms with Crippen LogP contribution in [0.4, 0.5) is 0 Å². The minimum atomic E-state index is 0.522. The Labute approximate surface area is 105 Å². The number of rotatable bonds is 2. The van der Waals surface area contributed by atoms with E-state index in [0.29, 0.717) is 6.04 Å². The molecule has 1 aromatic rings. The Morgan fingerprint density at radius 2 is 2.00 bits per heavy atom. The average molecular weight is 229 g/mol. The predicted octanol–water partition coefficient (Wildman–Crippen LogP) is 4.04. The van der Waals surface area contributed by atoms with E-state index in [2.05, 4.69) is 62.1 Å². The van der Waals surface area contributed by atoms with Gasteiger partial charge in [0.2, 0.25) is 0 Å². The molecule has 0 N–H and O–H groups in total. The first-order valence-corrected chi connectivity index (χ1v) is 6.63. The van der Waals surface area contributed by atoms with E-state index in [0.717, 1.165) is 12.5 Å². The fourth-order valence-corrected chi connectivity index (χ4v) is 2.75. The third kappa shape index (κ3) is 2.98. The Balaban J connectivity index is 2.11.